The lowest BCUT2D eigenvalue weighted by Crippen LogP contribution is -2.12. The predicted molar refractivity (Wildman–Crippen MR) is 231 cm³/mol. The fraction of sp³-hybridized carbons (Fsp3) is 0.455. The zero-order valence-electron chi connectivity index (χ0n) is 32.8. The Morgan fingerprint density at radius 3 is 0.533 bits per heavy atom. The van der Waals surface area contributed by atoms with Gasteiger partial charge in [-0.15, -0.1) is 46.4 Å². The Morgan fingerprint density at radius 1 is 0.250 bits per heavy atom. The average Bonchev–Trinajstić information content (AvgIpc) is 3.23. The number of phenols is 12. The minimum atomic E-state index is -1.08. The molecule has 0 unspecified atom stereocenters. The van der Waals surface area contributed by atoms with E-state index in [-0.39, 0.29) is 93.7 Å². The summed E-state index contributed by atoms with van der Waals surface area (Å²) in [6.45, 7) is 0. The van der Waals surface area contributed by atoms with Crippen molar-refractivity contribution >= 4 is 46.4 Å². The number of benzene rings is 4. The Bertz CT molecular complexity index is 1750. The molecule has 0 saturated heterocycles. The van der Waals surface area contributed by atoms with E-state index in [0.29, 0.717) is 51.4 Å². The number of aromatic hydroxyl groups is 12. The number of halogens is 4. The highest BCUT2D eigenvalue weighted by atomic mass is 35.5. The van der Waals surface area contributed by atoms with Crippen LogP contribution in [0, 0.1) is 0 Å². The normalized spacial score (nSPS) is 17.5. The number of rotatable bonds is 16. The Morgan fingerprint density at radius 2 is 0.400 bits per heavy atom. The van der Waals surface area contributed by atoms with Crippen molar-refractivity contribution in [2.75, 3.05) is 23.5 Å². The van der Waals surface area contributed by atoms with Gasteiger partial charge >= 0.3 is 0 Å². The van der Waals surface area contributed by atoms with Gasteiger partial charge in [0.2, 0.25) is 23.0 Å². The average molecular weight is 915 g/mol. The molecule has 0 radical (unpaired) electrons. The van der Waals surface area contributed by atoms with Gasteiger partial charge in [-0.25, -0.2) is 0 Å². The number of hydrogen-bond donors (Lipinski definition) is 12. The van der Waals surface area contributed by atoms with Crippen molar-refractivity contribution in [1.29, 1.82) is 0 Å². The first kappa shape index (κ1) is 46.7. The highest BCUT2D eigenvalue weighted by Gasteiger charge is 2.37. The molecule has 0 spiro atoms. The van der Waals surface area contributed by atoms with Gasteiger partial charge < -0.3 is 61.3 Å². The molecular weight excluding hydrogens is 862 g/mol. The van der Waals surface area contributed by atoms with E-state index in [1.807, 2.05) is 0 Å². The van der Waals surface area contributed by atoms with Crippen LogP contribution in [0.25, 0.3) is 0 Å². The molecule has 4 aromatic rings. The second kappa shape index (κ2) is 20.5. The highest BCUT2D eigenvalue weighted by Crippen LogP contribution is 2.59. The molecule has 0 atom stereocenters. The van der Waals surface area contributed by atoms with Crippen molar-refractivity contribution in [2.45, 2.75) is 101 Å². The maximum atomic E-state index is 11.6. The molecule has 0 saturated carbocycles. The first-order valence-electron chi connectivity index (χ1n) is 20.0. The Hall–Kier alpha value is -4.36. The monoisotopic (exact) mass is 912 g/mol. The van der Waals surface area contributed by atoms with Gasteiger partial charge in [0.1, 0.15) is 0 Å². The van der Waals surface area contributed by atoms with E-state index >= 15 is 0 Å². The molecule has 60 heavy (non-hydrogen) atoms. The van der Waals surface area contributed by atoms with Crippen molar-refractivity contribution in [2.24, 2.45) is 0 Å². The lowest BCUT2D eigenvalue weighted by atomic mass is 9.76. The number of unbranched alkanes of at least 4 members (excludes halogenated alkanes) is 4. The maximum absolute atomic E-state index is 11.6. The molecule has 16 heteroatoms. The van der Waals surface area contributed by atoms with Gasteiger partial charge in [0.25, 0.3) is 0 Å². The molecule has 8 bridgehead atoms. The van der Waals surface area contributed by atoms with Gasteiger partial charge in [-0.2, -0.15) is 0 Å². The zero-order valence-corrected chi connectivity index (χ0v) is 35.8. The largest absolute Gasteiger partial charge is 0.504 e. The first-order chi connectivity index (χ1) is 28.7. The number of phenolic OH excluding ortho intramolecular Hbond substituents is 12. The first-order valence-corrected chi connectivity index (χ1v) is 22.1. The number of alkyl halides is 4. The molecular formula is C44H52Cl4O12. The minimum absolute atomic E-state index is 0.0246. The number of fused-ring (bicyclic) bond motifs is 8. The van der Waals surface area contributed by atoms with Crippen LogP contribution in [0.5, 0.6) is 69.0 Å². The van der Waals surface area contributed by atoms with E-state index in [4.69, 9.17) is 46.4 Å². The summed E-state index contributed by atoms with van der Waals surface area (Å²) in [6.07, 6.45) is 3.92. The fourth-order valence-electron chi connectivity index (χ4n) is 8.57. The van der Waals surface area contributed by atoms with Crippen LogP contribution in [0.3, 0.4) is 0 Å². The zero-order chi connectivity index (χ0) is 44.0. The topological polar surface area (TPSA) is 243 Å². The molecule has 0 aliphatic heterocycles. The summed E-state index contributed by atoms with van der Waals surface area (Å²) in [5, 5.41) is 139. The van der Waals surface area contributed by atoms with E-state index in [1.54, 1.807) is 0 Å². The molecule has 12 nitrogen and oxygen atoms in total. The van der Waals surface area contributed by atoms with E-state index in [9.17, 15) is 61.3 Å². The van der Waals surface area contributed by atoms with Crippen LogP contribution in [-0.4, -0.2) is 84.8 Å². The SMILES string of the molecule is Oc1c2cc(c(O)c1O)C(CCCCCl)c1cc(c(O)c(O)c1O)C(CCCCCl)c1cc(c(O)c(O)c1O)C(CCCCCl)c1cc(c(O)c(O)c1O)C2CCCCCl. The lowest BCUT2D eigenvalue weighted by molar-refractivity contribution is 0.348. The van der Waals surface area contributed by atoms with Crippen LogP contribution < -0.4 is 0 Å². The molecule has 0 heterocycles. The van der Waals surface area contributed by atoms with Gasteiger partial charge in [-0.05, 0) is 75.6 Å². The second-order valence-corrected chi connectivity index (χ2v) is 16.9. The summed E-state index contributed by atoms with van der Waals surface area (Å²) in [6, 6.07) is 5.58. The van der Waals surface area contributed by atoms with E-state index in [1.165, 1.54) is 24.3 Å². The molecule has 0 amide bonds. The number of hydrogen-bond acceptors (Lipinski definition) is 12. The minimum Gasteiger partial charge on any atom is -0.504 e. The molecule has 12 N–H and O–H groups in total. The summed E-state index contributed by atoms with van der Waals surface area (Å²) >= 11 is 24.3. The van der Waals surface area contributed by atoms with E-state index in [0.717, 1.165) is 0 Å². The summed E-state index contributed by atoms with van der Waals surface area (Å²) in [4.78, 5) is 0. The molecule has 5 rings (SSSR count). The Kier molecular flexibility index (Phi) is 15.9. The third-order valence-corrected chi connectivity index (χ3v) is 12.8. The highest BCUT2D eigenvalue weighted by molar-refractivity contribution is 6.18. The van der Waals surface area contributed by atoms with Gasteiger partial charge in [0, 0.05) is 91.7 Å². The smallest absolute Gasteiger partial charge is 0.200 e. The van der Waals surface area contributed by atoms with E-state index in [2.05, 4.69) is 0 Å². The second-order valence-electron chi connectivity index (χ2n) is 15.4. The van der Waals surface area contributed by atoms with Crippen LogP contribution >= 0.6 is 46.4 Å². The quantitative estimate of drug-likeness (QED) is 0.0285. The van der Waals surface area contributed by atoms with E-state index < -0.39 is 92.7 Å². The third kappa shape index (κ3) is 9.12. The summed E-state index contributed by atoms with van der Waals surface area (Å²) in [5.41, 5.74) is -0.197. The molecule has 1 aliphatic carbocycles. The standard InChI is InChI=1S/C44H52Cl4O12/c45-13-5-1-9-21-25-17-27(35(51)41(57)33(25)49)22(10-2-6-14-46)29-19-31(39(55)43(59)37(29)53)24(12-4-8-16-48)32-20-30(38(54)44(60)40(32)56)23(11-3-7-15-47)28-18-26(21)34(50)42(58)36(28)52/h17-24,49-60H,1-16H2. The molecule has 0 fully saturated rings. The van der Waals surface area contributed by atoms with Crippen molar-refractivity contribution in [3.63, 3.8) is 0 Å². The van der Waals surface area contributed by atoms with Gasteiger partial charge in [0.05, 0.1) is 0 Å². The van der Waals surface area contributed by atoms with Crippen molar-refractivity contribution in [1.82, 2.24) is 0 Å². The van der Waals surface area contributed by atoms with Crippen LogP contribution in [0.15, 0.2) is 24.3 Å². The van der Waals surface area contributed by atoms with Gasteiger partial charge in [-0.3, -0.25) is 0 Å². The molecule has 0 aromatic heterocycles. The maximum Gasteiger partial charge on any atom is 0.200 e. The molecule has 328 valence electrons. The summed E-state index contributed by atoms with van der Waals surface area (Å²) < 4.78 is 0. The van der Waals surface area contributed by atoms with Crippen molar-refractivity contribution < 1.29 is 61.3 Å². The van der Waals surface area contributed by atoms with Crippen molar-refractivity contribution in [3.8, 4) is 69.0 Å². The fourth-order valence-corrected chi connectivity index (χ4v) is 9.33. The Balaban J connectivity index is 2.03. The Labute approximate surface area is 368 Å². The molecule has 1 aliphatic rings. The van der Waals surface area contributed by atoms with Crippen LogP contribution in [0.1, 0.15) is 145 Å². The third-order valence-electron chi connectivity index (χ3n) is 11.7. The van der Waals surface area contributed by atoms with Gasteiger partial charge in [0.15, 0.2) is 46.0 Å². The molecule has 4 aromatic carbocycles. The van der Waals surface area contributed by atoms with Crippen LogP contribution in [-0.2, 0) is 0 Å². The van der Waals surface area contributed by atoms with Crippen LogP contribution in [0.2, 0.25) is 0 Å². The predicted octanol–water partition coefficient (Wildman–Crippen LogP) is 10.6. The summed E-state index contributed by atoms with van der Waals surface area (Å²) in [7, 11) is 0. The van der Waals surface area contributed by atoms with Gasteiger partial charge in [-0.1, -0.05) is 25.7 Å². The van der Waals surface area contributed by atoms with Crippen molar-refractivity contribution in [3.05, 3.63) is 68.8 Å². The summed E-state index contributed by atoms with van der Waals surface area (Å²) in [5.74, 6) is -13.1. The lowest BCUT2D eigenvalue weighted by Gasteiger charge is -2.30. The van der Waals surface area contributed by atoms with Crippen LogP contribution in [0.4, 0.5) is 0 Å².